The first-order valence-electron chi connectivity index (χ1n) is 6.79. The molecule has 2 N–H and O–H groups in total. The largest absolute Gasteiger partial charge is 0.375 e. The van der Waals surface area contributed by atoms with Crippen LogP contribution in [0.2, 0.25) is 0 Å². The maximum absolute atomic E-state index is 12.9. The summed E-state index contributed by atoms with van der Waals surface area (Å²) in [7, 11) is 3.37. The molecule has 120 valence electrons. The number of guanidine groups is 1. The van der Waals surface area contributed by atoms with E-state index in [9.17, 15) is 4.39 Å². The van der Waals surface area contributed by atoms with Crippen molar-refractivity contribution in [3.05, 3.63) is 35.6 Å². The summed E-state index contributed by atoms with van der Waals surface area (Å²) < 4.78 is 18.3. The standard InChI is InChI=1S/C15H24FN3O.HI/c1-11(2)9-18-15(17-3)19-10-14(20-4)12-5-7-13(16)8-6-12;/h5-8,11,14H,9-10H2,1-4H3,(H2,17,18,19);1H. The molecular formula is C15H25FIN3O. The lowest BCUT2D eigenvalue weighted by molar-refractivity contribution is 0.106. The third kappa shape index (κ3) is 7.61. The zero-order chi connectivity index (χ0) is 15.0. The number of hydrogen-bond acceptors (Lipinski definition) is 2. The average Bonchev–Trinajstić information content (AvgIpc) is 2.44. The molecule has 0 heterocycles. The molecule has 4 nitrogen and oxygen atoms in total. The fourth-order valence-electron chi connectivity index (χ4n) is 1.73. The van der Waals surface area contributed by atoms with Crippen LogP contribution in [-0.2, 0) is 4.74 Å². The number of benzene rings is 1. The van der Waals surface area contributed by atoms with Crippen LogP contribution in [0.25, 0.3) is 0 Å². The van der Waals surface area contributed by atoms with Crippen molar-refractivity contribution in [1.29, 1.82) is 0 Å². The van der Waals surface area contributed by atoms with Gasteiger partial charge < -0.3 is 15.4 Å². The molecule has 1 unspecified atom stereocenters. The minimum absolute atomic E-state index is 0. The van der Waals surface area contributed by atoms with Crippen LogP contribution in [0.4, 0.5) is 4.39 Å². The predicted molar refractivity (Wildman–Crippen MR) is 95.8 cm³/mol. The van der Waals surface area contributed by atoms with Crippen LogP contribution < -0.4 is 10.6 Å². The van der Waals surface area contributed by atoms with Gasteiger partial charge in [0.15, 0.2) is 5.96 Å². The Balaban J connectivity index is 0.00000400. The van der Waals surface area contributed by atoms with E-state index in [1.165, 1.54) is 12.1 Å². The molecule has 1 rings (SSSR count). The Morgan fingerprint density at radius 2 is 1.76 bits per heavy atom. The molecule has 0 aliphatic rings. The maximum Gasteiger partial charge on any atom is 0.191 e. The topological polar surface area (TPSA) is 45.7 Å². The van der Waals surface area contributed by atoms with Gasteiger partial charge in [-0.15, -0.1) is 24.0 Å². The van der Waals surface area contributed by atoms with Crippen molar-refractivity contribution in [2.75, 3.05) is 27.2 Å². The van der Waals surface area contributed by atoms with Gasteiger partial charge in [-0.1, -0.05) is 26.0 Å². The number of nitrogens with one attached hydrogen (secondary N) is 2. The molecule has 0 amide bonds. The molecule has 1 atom stereocenters. The molecule has 0 spiro atoms. The van der Waals surface area contributed by atoms with Gasteiger partial charge in [0.2, 0.25) is 0 Å². The van der Waals surface area contributed by atoms with Crippen molar-refractivity contribution >= 4 is 29.9 Å². The van der Waals surface area contributed by atoms with Crippen LogP contribution in [0.1, 0.15) is 25.5 Å². The molecule has 1 aromatic carbocycles. The Labute approximate surface area is 143 Å². The lowest BCUT2D eigenvalue weighted by Gasteiger charge is -2.19. The molecule has 0 aliphatic heterocycles. The van der Waals surface area contributed by atoms with E-state index in [0.717, 1.165) is 18.1 Å². The summed E-state index contributed by atoms with van der Waals surface area (Å²) in [5, 5.41) is 6.44. The number of aliphatic imine (C=N–C) groups is 1. The lowest BCUT2D eigenvalue weighted by Crippen LogP contribution is -2.41. The highest BCUT2D eigenvalue weighted by Crippen LogP contribution is 2.15. The second-order valence-corrected chi connectivity index (χ2v) is 5.00. The molecule has 1 aromatic rings. The van der Waals surface area contributed by atoms with Crippen LogP contribution in [0, 0.1) is 11.7 Å². The van der Waals surface area contributed by atoms with Crippen molar-refractivity contribution in [3.63, 3.8) is 0 Å². The van der Waals surface area contributed by atoms with Crippen molar-refractivity contribution < 1.29 is 9.13 Å². The molecule has 0 aromatic heterocycles. The first-order chi connectivity index (χ1) is 9.56. The molecule has 21 heavy (non-hydrogen) atoms. The van der Waals surface area contributed by atoms with Gasteiger partial charge >= 0.3 is 0 Å². The molecule has 6 heteroatoms. The Morgan fingerprint density at radius 1 is 1.19 bits per heavy atom. The summed E-state index contributed by atoms with van der Waals surface area (Å²) in [5.74, 6) is 1.04. The monoisotopic (exact) mass is 409 g/mol. The van der Waals surface area contributed by atoms with Gasteiger partial charge in [0.25, 0.3) is 0 Å². The van der Waals surface area contributed by atoms with Crippen LogP contribution in [0.5, 0.6) is 0 Å². The maximum atomic E-state index is 12.9. The third-order valence-corrected chi connectivity index (χ3v) is 2.88. The SMILES string of the molecule is CN=C(NCC(C)C)NCC(OC)c1ccc(F)cc1.I. The molecule has 0 radical (unpaired) electrons. The van der Waals surface area contributed by atoms with Gasteiger partial charge in [-0.3, -0.25) is 4.99 Å². The van der Waals surface area contributed by atoms with Gasteiger partial charge in [-0.2, -0.15) is 0 Å². The van der Waals surface area contributed by atoms with Gasteiger partial charge in [0.1, 0.15) is 5.82 Å². The zero-order valence-corrected chi connectivity index (χ0v) is 15.4. The summed E-state index contributed by atoms with van der Waals surface area (Å²) >= 11 is 0. The quantitative estimate of drug-likeness (QED) is 0.432. The number of methoxy groups -OCH3 is 1. The Bertz CT molecular complexity index is 423. The second-order valence-electron chi connectivity index (χ2n) is 5.00. The minimum Gasteiger partial charge on any atom is -0.375 e. The smallest absolute Gasteiger partial charge is 0.191 e. The average molecular weight is 409 g/mol. The summed E-state index contributed by atoms with van der Waals surface area (Å²) in [6, 6.07) is 6.34. The van der Waals surface area contributed by atoms with E-state index in [2.05, 4.69) is 29.5 Å². The Kier molecular flexibility index (Phi) is 10.3. The highest BCUT2D eigenvalue weighted by molar-refractivity contribution is 14.0. The summed E-state index contributed by atoms with van der Waals surface area (Å²) in [5.41, 5.74) is 0.931. The van der Waals surface area contributed by atoms with E-state index >= 15 is 0 Å². The highest BCUT2D eigenvalue weighted by atomic mass is 127. The fourth-order valence-corrected chi connectivity index (χ4v) is 1.73. The van der Waals surface area contributed by atoms with Crippen molar-refractivity contribution in [1.82, 2.24) is 10.6 Å². The summed E-state index contributed by atoms with van der Waals surface area (Å²) in [6.45, 7) is 5.70. The molecule has 0 aliphatic carbocycles. The number of hydrogen-bond donors (Lipinski definition) is 2. The van der Waals surface area contributed by atoms with E-state index < -0.39 is 0 Å². The van der Waals surface area contributed by atoms with E-state index in [1.54, 1.807) is 26.3 Å². The van der Waals surface area contributed by atoms with E-state index in [1.807, 2.05) is 0 Å². The van der Waals surface area contributed by atoms with Gasteiger partial charge in [-0.25, -0.2) is 4.39 Å². The Hall–Kier alpha value is -0.890. The second kappa shape index (κ2) is 10.8. The number of rotatable bonds is 6. The molecule has 0 saturated heterocycles. The van der Waals surface area contributed by atoms with Crippen LogP contribution >= 0.6 is 24.0 Å². The van der Waals surface area contributed by atoms with Crippen LogP contribution in [-0.4, -0.2) is 33.2 Å². The molecular weight excluding hydrogens is 384 g/mol. The third-order valence-electron chi connectivity index (χ3n) is 2.88. The first kappa shape index (κ1) is 20.1. The number of nitrogens with zero attached hydrogens (tertiary/aromatic N) is 1. The van der Waals surface area contributed by atoms with Crippen molar-refractivity contribution in [2.45, 2.75) is 20.0 Å². The minimum atomic E-state index is -0.244. The summed E-state index contributed by atoms with van der Waals surface area (Å²) in [6.07, 6.45) is -0.145. The number of halogens is 2. The fraction of sp³-hybridized carbons (Fsp3) is 0.533. The summed E-state index contributed by atoms with van der Waals surface area (Å²) in [4.78, 5) is 4.15. The zero-order valence-electron chi connectivity index (χ0n) is 13.0. The Morgan fingerprint density at radius 3 is 2.24 bits per heavy atom. The van der Waals surface area contributed by atoms with Crippen molar-refractivity contribution in [2.24, 2.45) is 10.9 Å². The lowest BCUT2D eigenvalue weighted by atomic mass is 10.1. The molecule has 0 fully saturated rings. The normalized spacial score (nSPS) is 12.8. The van der Waals surface area contributed by atoms with Crippen LogP contribution in [0.3, 0.4) is 0 Å². The van der Waals surface area contributed by atoms with Gasteiger partial charge in [0, 0.05) is 27.2 Å². The predicted octanol–water partition coefficient (Wildman–Crippen LogP) is 2.95. The van der Waals surface area contributed by atoms with E-state index in [0.29, 0.717) is 12.5 Å². The van der Waals surface area contributed by atoms with Crippen molar-refractivity contribution in [3.8, 4) is 0 Å². The van der Waals surface area contributed by atoms with Crippen LogP contribution in [0.15, 0.2) is 29.3 Å². The first-order valence-corrected chi connectivity index (χ1v) is 6.79. The van der Waals surface area contributed by atoms with E-state index in [-0.39, 0.29) is 35.9 Å². The highest BCUT2D eigenvalue weighted by Gasteiger charge is 2.11. The number of ether oxygens (including phenoxy) is 1. The van der Waals surface area contributed by atoms with E-state index in [4.69, 9.17) is 4.74 Å². The van der Waals surface area contributed by atoms with Gasteiger partial charge in [-0.05, 0) is 23.6 Å². The molecule has 0 saturated carbocycles. The van der Waals surface area contributed by atoms with Gasteiger partial charge in [0.05, 0.1) is 6.10 Å². The molecule has 0 bridgehead atoms.